The first kappa shape index (κ1) is 19.1. The number of benzene rings is 1. The Morgan fingerprint density at radius 1 is 1.24 bits per heavy atom. The van der Waals surface area contributed by atoms with Crippen molar-refractivity contribution in [3.63, 3.8) is 0 Å². The molecule has 1 heterocycles. The molecule has 1 aliphatic heterocycles. The number of rotatable bonds is 4. The van der Waals surface area contributed by atoms with E-state index in [2.05, 4.69) is 5.32 Å². The van der Waals surface area contributed by atoms with Crippen LogP contribution in [0.2, 0.25) is 0 Å². The molecule has 1 aromatic rings. The Kier molecular flexibility index (Phi) is 6.25. The van der Waals surface area contributed by atoms with Crippen molar-refractivity contribution in [3.8, 4) is 0 Å². The molecule has 0 bridgehead atoms. The second-order valence-corrected chi connectivity index (χ2v) is 7.16. The van der Waals surface area contributed by atoms with Gasteiger partial charge in [0.15, 0.2) is 0 Å². The molecule has 1 saturated heterocycles. The van der Waals surface area contributed by atoms with Gasteiger partial charge in [-0.25, -0.2) is 9.59 Å². The van der Waals surface area contributed by atoms with Gasteiger partial charge in [0.05, 0.1) is 12.6 Å². The Bertz CT molecular complexity index is 585. The van der Waals surface area contributed by atoms with Gasteiger partial charge >= 0.3 is 12.2 Å². The fraction of sp³-hybridized carbons (Fsp3) is 0.556. The van der Waals surface area contributed by atoms with Gasteiger partial charge in [-0.2, -0.15) is 0 Å². The molecule has 2 amide bonds. The fourth-order valence-corrected chi connectivity index (χ4v) is 2.52. The van der Waals surface area contributed by atoms with Crippen LogP contribution in [0.15, 0.2) is 30.3 Å². The van der Waals surface area contributed by atoms with Gasteiger partial charge in [0.2, 0.25) is 0 Å². The van der Waals surface area contributed by atoms with E-state index in [4.69, 9.17) is 9.47 Å². The number of carbonyl (C=O) groups is 2. The highest BCUT2D eigenvalue weighted by molar-refractivity contribution is 5.69. The minimum atomic E-state index is -0.707. The van der Waals surface area contributed by atoms with E-state index in [0.717, 1.165) is 5.56 Å². The van der Waals surface area contributed by atoms with Crippen molar-refractivity contribution in [1.29, 1.82) is 0 Å². The smallest absolute Gasteiger partial charge is 0.410 e. The number of ether oxygens (including phenoxy) is 2. The second kappa shape index (κ2) is 8.20. The van der Waals surface area contributed by atoms with E-state index >= 15 is 0 Å². The average molecular weight is 350 g/mol. The SMILES string of the molecule is CC(C)(C)OC(=O)N1C[C@@H](CNC(=O)OCc2ccccc2)[C@@H](O)C1. The third-order valence-corrected chi connectivity index (χ3v) is 3.78. The molecule has 138 valence electrons. The van der Waals surface area contributed by atoms with Gasteiger partial charge in [0, 0.05) is 19.0 Å². The summed E-state index contributed by atoms with van der Waals surface area (Å²) in [5.74, 6) is -0.253. The van der Waals surface area contributed by atoms with Gasteiger partial charge in [0.1, 0.15) is 12.2 Å². The quantitative estimate of drug-likeness (QED) is 0.869. The third-order valence-electron chi connectivity index (χ3n) is 3.78. The number of aliphatic hydroxyl groups is 1. The van der Waals surface area contributed by atoms with Crippen LogP contribution in [0, 0.1) is 5.92 Å². The van der Waals surface area contributed by atoms with Crippen LogP contribution >= 0.6 is 0 Å². The molecule has 0 unspecified atom stereocenters. The zero-order valence-corrected chi connectivity index (χ0v) is 14.9. The maximum atomic E-state index is 12.0. The van der Waals surface area contributed by atoms with Gasteiger partial charge in [-0.15, -0.1) is 0 Å². The van der Waals surface area contributed by atoms with Crippen LogP contribution in [-0.2, 0) is 16.1 Å². The number of hydrogen-bond acceptors (Lipinski definition) is 5. The van der Waals surface area contributed by atoms with Gasteiger partial charge in [0.25, 0.3) is 0 Å². The summed E-state index contributed by atoms with van der Waals surface area (Å²) in [5.41, 5.74) is 0.314. The largest absolute Gasteiger partial charge is 0.445 e. The zero-order valence-electron chi connectivity index (χ0n) is 14.9. The van der Waals surface area contributed by atoms with Gasteiger partial charge in [-0.05, 0) is 26.3 Å². The highest BCUT2D eigenvalue weighted by Gasteiger charge is 2.36. The Morgan fingerprint density at radius 2 is 1.92 bits per heavy atom. The normalized spacial score (nSPS) is 20.2. The van der Waals surface area contributed by atoms with Crippen molar-refractivity contribution in [1.82, 2.24) is 10.2 Å². The lowest BCUT2D eigenvalue weighted by Gasteiger charge is -2.24. The van der Waals surface area contributed by atoms with Crippen molar-refractivity contribution in [2.45, 2.75) is 39.1 Å². The molecule has 1 aromatic carbocycles. The van der Waals surface area contributed by atoms with E-state index in [1.165, 1.54) is 4.90 Å². The molecule has 2 atom stereocenters. The highest BCUT2D eigenvalue weighted by Crippen LogP contribution is 2.19. The van der Waals surface area contributed by atoms with Crippen molar-refractivity contribution in [2.75, 3.05) is 19.6 Å². The van der Waals surface area contributed by atoms with Crippen LogP contribution in [0.3, 0.4) is 0 Å². The summed E-state index contributed by atoms with van der Waals surface area (Å²) in [7, 11) is 0. The van der Waals surface area contributed by atoms with Crippen LogP contribution in [0.1, 0.15) is 26.3 Å². The maximum absolute atomic E-state index is 12.0. The lowest BCUT2D eigenvalue weighted by atomic mass is 10.1. The highest BCUT2D eigenvalue weighted by atomic mass is 16.6. The average Bonchev–Trinajstić information content (AvgIpc) is 2.91. The zero-order chi connectivity index (χ0) is 18.4. The van der Waals surface area contributed by atoms with E-state index in [0.29, 0.717) is 6.54 Å². The molecule has 7 nitrogen and oxygen atoms in total. The summed E-state index contributed by atoms with van der Waals surface area (Å²) in [5, 5.41) is 12.7. The second-order valence-electron chi connectivity index (χ2n) is 7.16. The number of nitrogens with zero attached hydrogens (tertiary/aromatic N) is 1. The first-order valence-corrected chi connectivity index (χ1v) is 8.35. The molecule has 2 N–H and O–H groups in total. The molecule has 0 saturated carbocycles. The number of likely N-dealkylation sites (tertiary alicyclic amines) is 1. The lowest BCUT2D eigenvalue weighted by Crippen LogP contribution is -2.36. The van der Waals surface area contributed by atoms with Crippen LogP contribution in [0.5, 0.6) is 0 Å². The summed E-state index contributed by atoms with van der Waals surface area (Å²) in [6, 6.07) is 9.37. The Hall–Kier alpha value is -2.28. The number of β-amino-alcohol motifs (C(OH)–C–C–N with tert-alkyl or cyclic N) is 1. The van der Waals surface area contributed by atoms with E-state index in [1.54, 1.807) is 20.8 Å². The van der Waals surface area contributed by atoms with E-state index in [-0.39, 0.29) is 25.6 Å². The van der Waals surface area contributed by atoms with Crippen LogP contribution < -0.4 is 5.32 Å². The number of nitrogens with one attached hydrogen (secondary N) is 1. The Morgan fingerprint density at radius 3 is 2.56 bits per heavy atom. The van der Waals surface area contributed by atoms with Gasteiger partial charge in [-0.1, -0.05) is 30.3 Å². The first-order valence-electron chi connectivity index (χ1n) is 8.35. The molecule has 1 fully saturated rings. The minimum Gasteiger partial charge on any atom is -0.445 e. The molecule has 0 aliphatic carbocycles. The van der Waals surface area contributed by atoms with Gasteiger partial charge in [-0.3, -0.25) is 0 Å². The predicted molar refractivity (Wildman–Crippen MR) is 91.9 cm³/mol. The lowest BCUT2D eigenvalue weighted by molar-refractivity contribution is 0.0270. The van der Waals surface area contributed by atoms with E-state index < -0.39 is 23.9 Å². The maximum Gasteiger partial charge on any atom is 0.410 e. The minimum absolute atomic E-state index is 0.184. The summed E-state index contributed by atoms with van der Waals surface area (Å²) >= 11 is 0. The molecule has 0 aromatic heterocycles. The number of hydrogen-bond donors (Lipinski definition) is 2. The van der Waals surface area contributed by atoms with Crippen molar-refractivity contribution in [3.05, 3.63) is 35.9 Å². The molecule has 0 radical (unpaired) electrons. The Balaban J connectivity index is 1.73. The first-order chi connectivity index (χ1) is 11.7. The van der Waals surface area contributed by atoms with Crippen LogP contribution in [0.4, 0.5) is 9.59 Å². The van der Waals surface area contributed by atoms with Crippen LogP contribution in [0.25, 0.3) is 0 Å². The number of carbonyl (C=O) groups excluding carboxylic acids is 2. The van der Waals surface area contributed by atoms with Gasteiger partial charge < -0.3 is 24.8 Å². The molecular weight excluding hydrogens is 324 g/mol. The predicted octanol–water partition coefficient (Wildman–Crippen LogP) is 2.14. The number of alkyl carbamates (subject to hydrolysis) is 1. The summed E-state index contributed by atoms with van der Waals surface area (Å²) in [4.78, 5) is 25.2. The molecule has 2 rings (SSSR count). The number of aliphatic hydroxyl groups excluding tert-OH is 1. The molecular formula is C18H26N2O5. The van der Waals surface area contributed by atoms with Crippen LogP contribution in [-0.4, -0.2) is 53.5 Å². The van der Waals surface area contributed by atoms with Crippen molar-refractivity contribution < 1.29 is 24.2 Å². The fourth-order valence-electron chi connectivity index (χ4n) is 2.52. The van der Waals surface area contributed by atoms with E-state index in [1.807, 2.05) is 30.3 Å². The third kappa shape index (κ3) is 6.26. The summed E-state index contributed by atoms with van der Waals surface area (Å²) < 4.78 is 10.4. The Labute approximate surface area is 147 Å². The molecule has 1 aliphatic rings. The van der Waals surface area contributed by atoms with Crippen molar-refractivity contribution in [2.24, 2.45) is 5.92 Å². The molecule has 25 heavy (non-hydrogen) atoms. The molecule has 7 heteroatoms. The monoisotopic (exact) mass is 350 g/mol. The summed E-state index contributed by atoms with van der Waals surface area (Å²) in [6.45, 7) is 6.31. The standard InChI is InChI=1S/C18H26N2O5/c1-18(2,3)25-17(23)20-10-14(15(21)11-20)9-19-16(22)24-12-13-7-5-4-6-8-13/h4-8,14-15,21H,9-12H2,1-3H3,(H,19,22)/t14-,15+/m1/s1. The summed E-state index contributed by atoms with van der Waals surface area (Å²) in [6.07, 6.45) is -1.71. The topological polar surface area (TPSA) is 88.1 Å². The number of amides is 2. The van der Waals surface area contributed by atoms with Crippen molar-refractivity contribution >= 4 is 12.2 Å². The van der Waals surface area contributed by atoms with E-state index in [9.17, 15) is 14.7 Å². The molecule has 0 spiro atoms.